The minimum Gasteiger partial charge on any atom is -0.455 e. The standard InChI is InChI=1S/C49H35NO.C28H21N.C21H15BrO/c1-49(2)44-30-29-42-41-16-8-9-18-46(41)51-48(42)47(44)43-28-27-38(31-45(43)49)50(36-23-19-33(20-24-36)32-11-4-3-5-12-32)37-25-21-35(22-26-37)40-17-10-14-34-13-6-7-15-39(34)40;1-2-7-21(8-3-1)22-13-17-25(18-14-22)29-26-19-15-24(16-20-26)28-12-6-10-23-9-4-5-11-27(23)28;1-21(2)16-10-9-14-13-5-3-4-6-18(13)23-20(14)19(16)15-8-7-12(22)11-17(15)21/h3-31H,1-2H3;1-20,29H;3-11H,1-2H3. The Hall–Kier alpha value is -12.3. The highest BCUT2D eigenvalue weighted by molar-refractivity contribution is 9.10. The third-order valence-corrected chi connectivity index (χ3v) is 21.8. The summed E-state index contributed by atoms with van der Waals surface area (Å²) in [5.41, 5.74) is 29.3. The lowest BCUT2D eigenvalue weighted by Crippen LogP contribution is -2.16. The molecule has 0 atom stereocenters. The molecule has 2 aliphatic rings. The summed E-state index contributed by atoms with van der Waals surface area (Å²) in [4.78, 5) is 2.39. The monoisotopic (exact) mass is 1390 g/mol. The van der Waals surface area contributed by atoms with Crippen LogP contribution in [0.4, 0.5) is 28.4 Å². The molecule has 2 aromatic heterocycles. The summed E-state index contributed by atoms with van der Waals surface area (Å²) in [7, 11) is 0. The highest BCUT2D eigenvalue weighted by Gasteiger charge is 2.40. The molecular formula is C98H71BrN2O2. The summed E-state index contributed by atoms with van der Waals surface area (Å²) in [6, 6.07) is 126. The van der Waals surface area contributed by atoms with Gasteiger partial charge in [-0.1, -0.05) is 311 Å². The van der Waals surface area contributed by atoms with Gasteiger partial charge in [-0.3, -0.25) is 0 Å². The van der Waals surface area contributed by atoms with Crippen molar-refractivity contribution in [3.8, 4) is 66.8 Å². The van der Waals surface area contributed by atoms with Crippen LogP contribution >= 0.6 is 15.9 Å². The van der Waals surface area contributed by atoms with E-state index in [2.05, 4.69) is 381 Å². The van der Waals surface area contributed by atoms with Crippen LogP contribution in [-0.2, 0) is 10.8 Å². The van der Waals surface area contributed by atoms with E-state index >= 15 is 0 Å². The molecule has 0 bridgehead atoms. The molecule has 1 N–H and O–H groups in total. The van der Waals surface area contributed by atoms with Crippen molar-refractivity contribution >= 4 is 110 Å². The first-order valence-electron chi connectivity index (χ1n) is 35.4. The molecule has 0 aliphatic heterocycles. The topological polar surface area (TPSA) is 41.6 Å². The number of anilines is 5. The molecule has 492 valence electrons. The maximum atomic E-state index is 6.57. The largest absolute Gasteiger partial charge is 0.455 e. The smallest absolute Gasteiger partial charge is 0.143 e. The second kappa shape index (κ2) is 25.7. The van der Waals surface area contributed by atoms with Crippen LogP contribution in [0.2, 0.25) is 0 Å². The van der Waals surface area contributed by atoms with E-state index in [1.165, 1.54) is 127 Å². The highest BCUT2D eigenvalue weighted by atomic mass is 79.9. The molecule has 0 fully saturated rings. The van der Waals surface area contributed by atoms with Gasteiger partial charge < -0.3 is 19.1 Å². The van der Waals surface area contributed by atoms with E-state index in [4.69, 9.17) is 8.83 Å². The van der Waals surface area contributed by atoms with Crippen molar-refractivity contribution in [2.45, 2.75) is 38.5 Å². The maximum Gasteiger partial charge on any atom is 0.143 e. The van der Waals surface area contributed by atoms with Crippen LogP contribution in [0.15, 0.2) is 365 Å². The van der Waals surface area contributed by atoms with Gasteiger partial charge >= 0.3 is 0 Å². The lowest BCUT2D eigenvalue weighted by Gasteiger charge is -2.28. The van der Waals surface area contributed by atoms with Gasteiger partial charge in [0.25, 0.3) is 0 Å². The van der Waals surface area contributed by atoms with E-state index in [0.29, 0.717) is 0 Å². The minimum atomic E-state index is -0.200. The number of benzene rings is 16. The number of nitrogens with one attached hydrogen (secondary N) is 1. The Kier molecular flexibility index (Phi) is 15.7. The zero-order chi connectivity index (χ0) is 69.3. The zero-order valence-corrected chi connectivity index (χ0v) is 59.2. The molecule has 0 amide bonds. The Labute approximate surface area is 608 Å². The first-order chi connectivity index (χ1) is 50.5. The van der Waals surface area contributed by atoms with Gasteiger partial charge in [0.15, 0.2) is 0 Å². The maximum absolute atomic E-state index is 6.57. The molecule has 2 heterocycles. The van der Waals surface area contributed by atoms with Crippen molar-refractivity contribution in [3.05, 3.63) is 379 Å². The predicted molar refractivity (Wildman–Crippen MR) is 438 cm³/mol. The van der Waals surface area contributed by atoms with Gasteiger partial charge in [0.05, 0.1) is 0 Å². The van der Waals surface area contributed by atoms with Crippen molar-refractivity contribution < 1.29 is 8.83 Å². The van der Waals surface area contributed by atoms with Crippen molar-refractivity contribution in [3.63, 3.8) is 0 Å². The summed E-state index contributed by atoms with van der Waals surface area (Å²) in [6.45, 7) is 9.26. The summed E-state index contributed by atoms with van der Waals surface area (Å²) in [5, 5.41) is 13.3. The number of para-hydroxylation sites is 2. The molecule has 16 aromatic carbocycles. The Morgan fingerprint density at radius 2 is 0.641 bits per heavy atom. The molecule has 18 aromatic rings. The number of rotatable bonds is 9. The molecule has 4 nitrogen and oxygen atoms in total. The number of furan rings is 2. The van der Waals surface area contributed by atoms with Crippen LogP contribution < -0.4 is 10.2 Å². The van der Waals surface area contributed by atoms with Gasteiger partial charge in [0, 0.05) is 76.4 Å². The Bertz CT molecular complexity index is 6240. The summed E-state index contributed by atoms with van der Waals surface area (Å²) < 4.78 is 14.0. The van der Waals surface area contributed by atoms with Gasteiger partial charge in [0.1, 0.15) is 22.3 Å². The fourth-order valence-corrected chi connectivity index (χ4v) is 16.4. The Morgan fingerprint density at radius 1 is 0.272 bits per heavy atom. The van der Waals surface area contributed by atoms with Crippen molar-refractivity contribution in [1.82, 2.24) is 0 Å². The Morgan fingerprint density at radius 3 is 1.13 bits per heavy atom. The fourth-order valence-electron chi connectivity index (χ4n) is 16.0. The fraction of sp³-hybridized carbons (Fsp3) is 0.0612. The molecule has 2 aliphatic carbocycles. The number of nitrogens with zero attached hydrogens (tertiary/aromatic N) is 1. The minimum absolute atomic E-state index is 0.0123. The molecule has 0 spiro atoms. The van der Waals surface area contributed by atoms with Crippen molar-refractivity contribution in [1.29, 1.82) is 0 Å². The number of halogens is 1. The van der Waals surface area contributed by atoms with Crippen LogP contribution in [0.1, 0.15) is 49.9 Å². The zero-order valence-electron chi connectivity index (χ0n) is 57.6. The van der Waals surface area contributed by atoms with Crippen LogP contribution in [0, 0.1) is 0 Å². The van der Waals surface area contributed by atoms with Gasteiger partial charge in [0.2, 0.25) is 0 Å². The van der Waals surface area contributed by atoms with Crippen molar-refractivity contribution in [2.75, 3.05) is 10.2 Å². The van der Waals surface area contributed by atoms with E-state index in [-0.39, 0.29) is 10.8 Å². The van der Waals surface area contributed by atoms with Crippen LogP contribution in [0.3, 0.4) is 0 Å². The Balaban J connectivity index is 0.000000122. The van der Waals surface area contributed by atoms with Crippen LogP contribution in [-0.4, -0.2) is 0 Å². The third kappa shape index (κ3) is 11.3. The molecule has 5 heteroatoms. The van der Waals surface area contributed by atoms with E-state index in [1.54, 1.807) is 0 Å². The highest BCUT2D eigenvalue weighted by Crippen LogP contribution is 2.56. The summed E-state index contributed by atoms with van der Waals surface area (Å²) in [6.07, 6.45) is 0. The number of hydrogen-bond donors (Lipinski definition) is 1. The average molecular weight is 1390 g/mol. The summed E-state index contributed by atoms with van der Waals surface area (Å²) >= 11 is 3.62. The van der Waals surface area contributed by atoms with Gasteiger partial charge in [-0.25, -0.2) is 0 Å². The first kappa shape index (κ1) is 62.9. The third-order valence-electron chi connectivity index (χ3n) is 21.3. The predicted octanol–water partition coefficient (Wildman–Crippen LogP) is 28.4. The second-order valence-electron chi connectivity index (χ2n) is 28.1. The van der Waals surface area contributed by atoms with E-state index in [1.807, 2.05) is 24.3 Å². The van der Waals surface area contributed by atoms with Crippen LogP contribution in [0.25, 0.3) is 132 Å². The van der Waals surface area contributed by atoms with Gasteiger partial charge in [-0.2, -0.15) is 0 Å². The van der Waals surface area contributed by atoms with E-state index in [0.717, 1.165) is 60.6 Å². The normalized spacial score (nSPS) is 12.9. The van der Waals surface area contributed by atoms with Crippen LogP contribution in [0.5, 0.6) is 0 Å². The molecule has 0 saturated heterocycles. The lowest BCUT2D eigenvalue weighted by molar-refractivity contribution is 0.653. The molecule has 0 saturated carbocycles. The quantitative estimate of drug-likeness (QED) is 0.156. The number of fused-ring (bicyclic) bond motifs is 16. The molecule has 103 heavy (non-hydrogen) atoms. The molecule has 0 radical (unpaired) electrons. The van der Waals surface area contributed by atoms with Crippen molar-refractivity contribution in [2.24, 2.45) is 0 Å². The number of hydrogen-bond acceptors (Lipinski definition) is 4. The second-order valence-corrected chi connectivity index (χ2v) is 29.0. The molecule has 20 rings (SSSR count). The summed E-state index contributed by atoms with van der Waals surface area (Å²) in [5.74, 6) is 0. The van der Waals surface area contributed by atoms with Gasteiger partial charge in [-0.05, 0) is 184 Å². The molecule has 0 unspecified atom stereocenters. The SMILES string of the molecule is CC1(C)c2cc(Br)ccc2-c2c1ccc1c2oc2ccccc21.CC1(C)c2cc(N(c3ccc(-c4ccccc4)cc3)c3ccc(-c4cccc5ccccc45)cc3)ccc2-c2c1ccc1c2oc2ccccc21.c1ccc(-c2ccc(Nc3ccc(-c4cccc5ccccc45)cc3)cc2)cc1. The lowest BCUT2D eigenvalue weighted by atomic mass is 9.82. The average Bonchev–Trinajstić information content (AvgIpc) is 1.56. The van der Waals surface area contributed by atoms with E-state index in [9.17, 15) is 0 Å². The van der Waals surface area contributed by atoms with E-state index < -0.39 is 0 Å². The van der Waals surface area contributed by atoms with Gasteiger partial charge in [-0.15, -0.1) is 0 Å². The molecular weight excluding hydrogens is 1320 g/mol. The first-order valence-corrected chi connectivity index (χ1v) is 36.2.